The average Bonchev–Trinajstić information content (AvgIpc) is 3.54. The maximum atomic E-state index is 17.1. The Bertz CT molecular complexity index is 2030. The molecular weight excluding hydrogens is 711 g/mol. The van der Waals surface area contributed by atoms with Crippen LogP contribution in [0.4, 0.5) is 43.8 Å². The molecule has 52 heavy (non-hydrogen) atoms. The molecule has 0 spiro atoms. The van der Waals surface area contributed by atoms with Crippen molar-refractivity contribution in [1.82, 2.24) is 29.8 Å². The Kier molecular flexibility index (Phi) is 9.25. The summed E-state index contributed by atoms with van der Waals surface area (Å²) in [5.74, 6) is -0.788. The number of rotatable bonds is 9. The minimum Gasteiger partial charge on any atom is -0.475 e. The number of alkyl halides is 5. The van der Waals surface area contributed by atoms with Crippen molar-refractivity contribution < 1.29 is 35.8 Å². The number of hydrogen-bond donors (Lipinski definition) is 1. The van der Waals surface area contributed by atoms with Crippen LogP contribution in [-0.2, 0) is 6.18 Å². The second-order valence-corrected chi connectivity index (χ2v) is 14.7. The summed E-state index contributed by atoms with van der Waals surface area (Å²) in [4.78, 5) is 25.6. The smallest absolute Gasteiger partial charge is 0.418 e. The number of nitrogen functional groups attached to an aromatic ring is 1. The van der Waals surface area contributed by atoms with Crippen molar-refractivity contribution in [2.45, 2.75) is 56.5 Å². The van der Waals surface area contributed by atoms with Gasteiger partial charge in [-0.3, -0.25) is 4.90 Å². The first kappa shape index (κ1) is 36.1. The van der Waals surface area contributed by atoms with E-state index in [9.17, 15) is 17.6 Å². The molecule has 4 aromatic heterocycles. The van der Waals surface area contributed by atoms with Gasteiger partial charge in [-0.05, 0) is 66.3 Å². The second kappa shape index (κ2) is 13.3. The van der Waals surface area contributed by atoms with Crippen LogP contribution in [0.3, 0.4) is 0 Å². The van der Waals surface area contributed by atoms with E-state index in [0.29, 0.717) is 18.5 Å². The molecule has 4 atom stereocenters. The lowest BCUT2D eigenvalue weighted by molar-refractivity contribution is -0.137. The largest absolute Gasteiger partial charge is 0.475 e. The van der Waals surface area contributed by atoms with E-state index in [-0.39, 0.29) is 81.7 Å². The standard InChI is InChI=1S/C34H38F6N9O2P/c1-18-13-21(47(3)52-4)43-26(23(18)34(38,39)40)27-24(36)25-22-29(49(11-12-50-30(22)44-27)19(2)20-7-5-9-42-28(20)41)46-31(45-25)51-17-33-8-6-10-48(33)16-32(37,14-33)15-35/h5,7,9,13,19,52H,6,8,10-12,14-17H2,1-4H3,(H2,41,42)/t19-,32-,33+/m1/s1. The van der Waals surface area contributed by atoms with E-state index in [1.165, 1.54) is 13.0 Å². The fraction of sp³-hybridized carbons (Fsp3) is 0.500. The molecular formula is C34H38F6N9O2P. The molecule has 2 N–H and O–H groups in total. The van der Waals surface area contributed by atoms with Gasteiger partial charge in [0.2, 0.25) is 5.88 Å². The highest BCUT2D eigenvalue weighted by Crippen LogP contribution is 2.48. The molecule has 2 fully saturated rings. The number of halogens is 6. The lowest BCUT2D eigenvalue weighted by Crippen LogP contribution is -2.43. The lowest BCUT2D eigenvalue weighted by atomic mass is 9.90. The molecule has 7 rings (SSSR count). The van der Waals surface area contributed by atoms with Crippen LogP contribution in [0.5, 0.6) is 11.9 Å². The first-order chi connectivity index (χ1) is 24.7. The maximum Gasteiger partial charge on any atom is 0.418 e. The topological polar surface area (TPSA) is 119 Å². The Morgan fingerprint density at radius 3 is 2.67 bits per heavy atom. The van der Waals surface area contributed by atoms with E-state index in [1.54, 1.807) is 34.9 Å². The summed E-state index contributed by atoms with van der Waals surface area (Å²) in [6, 6.07) is 3.99. The molecule has 0 saturated carbocycles. The van der Waals surface area contributed by atoms with Crippen LogP contribution in [0, 0.1) is 12.7 Å². The van der Waals surface area contributed by atoms with Crippen LogP contribution in [-0.4, -0.2) is 94.3 Å². The molecule has 0 aliphatic carbocycles. The van der Waals surface area contributed by atoms with Gasteiger partial charge in [-0.25, -0.2) is 28.1 Å². The van der Waals surface area contributed by atoms with Gasteiger partial charge < -0.3 is 24.8 Å². The Balaban J connectivity index is 1.43. The van der Waals surface area contributed by atoms with Gasteiger partial charge in [0.05, 0.1) is 23.7 Å². The lowest BCUT2D eigenvalue weighted by Gasteiger charge is -2.32. The van der Waals surface area contributed by atoms with Crippen LogP contribution in [0.1, 0.15) is 48.9 Å². The van der Waals surface area contributed by atoms with E-state index in [0.717, 1.165) is 6.42 Å². The minimum atomic E-state index is -4.91. The Morgan fingerprint density at radius 1 is 1.17 bits per heavy atom. The average molecular weight is 750 g/mol. The van der Waals surface area contributed by atoms with Crippen LogP contribution in [0.2, 0.25) is 0 Å². The summed E-state index contributed by atoms with van der Waals surface area (Å²) in [5.41, 5.74) is 0.863. The fourth-order valence-electron chi connectivity index (χ4n) is 7.71. The van der Waals surface area contributed by atoms with Crippen molar-refractivity contribution >= 4 is 37.1 Å². The molecule has 278 valence electrons. The molecule has 0 amide bonds. The number of anilines is 3. The Labute approximate surface area is 297 Å². The van der Waals surface area contributed by atoms with E-state index in [1.807, 2.05) is 18.5 Å². The molecule has 3 aliphatic rings. The molecule has 3 aliphatic heterocycles. The van der Waals surface area contributed by atoms with Gasteiger partial charge in [0.15, 0.2) is 11.5 Å². The van der Waals surface area contributed by atoms with Gasteiger partial charge >= 0.3 is 12.2 Å². The van der Waals surface area contributed by atoms with Gasteiger partial charge in [-0.15, -0.1) is 0 Å². The van der Waals surface area contributed by atoms with Gasteiger partial charge in [0.1, 0.15) is 59.6 Å². The summed E-state index contributed by atoms with van der Waals surface area (Å²) in [5, 5.41) is 0.00994. The highest BCUT2D eigenvalue weighted by Gasteiger charge is 2.56. The highest BCUT2D eigenvalue weighted by atomic mass is 31.1. The van der Waals surface area contributed by atoms with Crippen molar-refractivity contribution in [3.63, 3.8) is 0 Å². The molecule has 0 radical (unpaired) electrons. The second-order valence-electron chi connectivity index (χ2n) is 13.6. The number of hydrogen-bond acceptors (Lipinski definition) is 11. The van der Waals surface area contributed by atoms with Crippen molar-refractivity contribution in [3.8, 4) is 23.3 Å². The molecule has 4 aromatic rings. The molecule has 2 saturated heterocycles. The van der Waals surface area contributed by atoms with E-state index < -0.39 is 58.4 Å². The van der Waals surface area contributed by atoms with E-state index in [4.69, 9.17) is 20.2 Å². The summed E-state index contributed by atoms with van der Waals surface area (Å²) < 4.78 is 104. The molecule has 0 aromatic carbocycles. The van der Waals surface area contributed by atoms with E-state index in [2.05, 4.69) is 19.9 Å². The van der Waals surface area contributed by atoms with Crippen LogP contribution in [0.25, 0.3) is 22.3 Å². The van der Waals surface area contributed by atoms with Crippen molar-refractivity contribution in [1.29, 1.82) is 0 Å². The summed E-state index contributed by atoms with van der Waals surface area (Å²) in [6.07, 6.45) is -2.18. The zero-order valence-corrected chi connectivity index (χ0v) is 30.0. The minimum absolute atomic E-state index is 0.00994. The van der Waals surface area contributed by atoms with Crippen LogP contribution in [0.15, 0.2) is 24.4 Å². The fourth-order valence-corrected chi connectivity index (χ4v) is 8.06. The third-order valence-corrected chi connectivity index (χ3v) is 11.2. The van der Waals surface area contributed by atoms with Gasteiger partial charge in [-0.2, -0.15) is 23.1 Å². The highest BCUT2D eigenvalue weighted by molar-refractivity contribution is 7.39. The number of pyridine rings is 3. The number of aryl methyl sites for hydroxylation is 1. The summed E-state index contributed by atoms with van der Waals surface area (Å²) >= 11 is 0. The number of fused-ring (bicyclic) bond motifs is 1. The maximum absolute atomic E-state index is 17.1. The predicted octanol–water partition coefficient (Wildman–Crippen LogP) is 6.44. The third-order valence-electron chi connectivity index (χ3n) is 10.3. The molecule has 0 bridgehead atoms. The van der Waals surface area contributed by atoms with E-state index >= 15 is 8.78 Å². The van der Waals surface area contributed by atoms with Crippen LogP contribution >= 0.6 is 8.73 Å². The first-order valence-electron chi connectivity index (χ1n) is 16.8. The van der Waals surface area contributed by atoms with Gasteiger partial charge in [0, 0.05) is 31.8 Å². The van der Waals surface area contributed by atoms with Crippen LogP contribution < -0.4 is 24.8 Å². The predicted molar refractivity (Wildman–Crippen MR) is 186 cm³/mol. The molecule has 7 heterocycles. The third kappa shape index (κ3) is 6.18. The summed E-state index contributed by atoms with van der Waals surface area (Å²) in [6.45, 7) is 4.34. The number of ether oxygens (including phenoxy) is 2. The van der Waals surface area contributed by atoms with Gasteiger partial charge in [0.25, 0.3) is 0 Å². The van der Waals surface area contributed by atoms with Crippen molar-refractivity contribution in [2.75, 3.05) is 68.5 Å². The SMILES string of the molecule is CPN(C)c1cc(C)c(C(F)(F)F)c(-c2nc3c4c(nc(OC[C@@]56CCCN5C[C@](F)(CF)C6)nc4c2F)N([C@H](C)c2cccnc2N)CCO3)n1. The normalized spacial score (nSPS) is 22.5. The number of nitrogens with two attached hydrogens (primary N) is 1. The monoisotopic (exact) mass is 749 g/mol. The molecule has 18 heteroatoms. The molecule has 1 unspecified atom stereocenters. The first-order valence-corrected chi connectivity index (χ1v) is 18.3. The zero-order chi connectivity index (χ0) is 37.2. The Hall–Kier alpha value is -4.24. The number of nitrogens with zero attached hydrogens (tertiary/aromatic N) is 8. The van der Waals surface area contributed by atoms with Crippen molar-refractivity contribution in [2.24, 2.45) is 0 Å². The van der Waals surface area contributed by atoms with Crippen molar-refractivity contribution in [3.05, 3.63) is 46.9 Å². The zero-order valence-electron chi connectivity index (χ0n) is 29.0. The summed E-state index contributed by atoms with van der Waals surface area (Å²) in [7, 11) is 1.82. The molecule has 11 nitrogen and oxygen atoms in total. The number of aromatic nitrogens is 5. The Morgan fingerprint density at radius 2 is 1.96 bits per heavy atom. The van der Waals surface area contributed by atoms with Gasteiger partial charge in [-0.1, -0.05) is 6.07 Å². The quantitative estimate of drug-likeness (QED) is 0.150.